The van der Waals surface area contributed by atoms with E-state index in [-0.39, 0.29) is 17.5 Å². The van der Waals surface area contributed by atoms with Gasteiger partial charge in [0, 0.05) is 32.1 Å². The van der Waals surface area contributed by atoms with Crippen LogP contribution in [-0.4, -0.2) is 28.7 Å². The molecule has 6 heteroatoms. The Kier molecular flexibility index (Phi) is 5.82. The molecule has 2 aromatic rings. The number of nitrogens with two attached hydrogens (primary N) is 1. The van der Waals surface area contributed by atoms with Gasteiger partial charge in [-0.2, -0.15) is 0 Å². The summed E-state index contributed by atoms with van der Waals surface area (Å²) in [6.45, 7) is 12.7. The van der Waals surface area contributed by atoms with Crippen LogP contribution in [-0.2, 0) is 7.05 Å². The molecule has 0 unspecified atom stereocenters. The molecule has 28 heavy (non-hydrogen) atoms. The number of rotatable bonds is 2. The molecule has 144 valence electrons. The SMILES string of the molecule is [C-]#[N+]c1ccc(-c2nc(N3CCC(N)CC3)n(C)c(=O)c2C#CC(C)C)cc1. The van der Waals surface area contributed by atoms with Gasteiger partial charge in [-0.15, -0.1) is 0 Å². The van der Waals surface area contributed by atoms with E-state index in [1.54, 1.807) is 23.7 Å². The number of hydrogen-bond donors (Lipinski definition) is 1. The van der Waals surface area contributed by atoms with Gasteiger partial charge in [0.05, 0.1) is 12.3 Å². The third-order valence-corrected chi connectivity index (χ3v) is 4.85. The Morgan fingerprint density at radius 1 is 1.25 bits per heavy atom. The van der Waals surface area contributed by atoms with Crippen molar-refractivity contribution in [2.24, 2.45) is 18.7 Å². The molecule has 2 heterocycles. The van der Waals surface area contributed by atoms with Crippen molar-refractivity contribution in [2.45, 2.75) is 32.7 Å². The third-order valence-electron chi connectivity index (χ3n) is 4.85. The summed E-state index contributed by atoms with van der Waals surface area (Å²) >= 11 is 0. The van der Waals surface area contributed by atoms with Gasteiger partial charge in [0.1, 0.15) is 5.56 Å². The van der Waals surface area contributed by atoms with Crippen molar-refractivity contribution in [3.8, 4) is 23.1 Å². The van der Waals surface area contributed by atoms with Gasteiger partial charge in [-0.25, -0.2) is 9.83 Å². The summed E-state index contributed by atoms with van der Waals surface area (Å²) in [4.78, 5) is 23.5. The summed E-state index contributed by atoms with van der Waals surface area (Å²) in [5.74, 6) is 6.91. The van der Waals surface area contributed by atoms with E-state index in [1.165, 1.54) is 0 Å². The molecule has 0 bridgehead atoms. The highest BCUT2D eigenvalue weighted by molar-refractivity contribution is 5.70. The first-order valence-corrected chi connectivity index (χ1v) is 9.51. The molecule has 1 aliphatic heterocycles. The first-order chi connectivity index (χ1) is 13.4. The molecule has 0 aliphatic carbocycles. The highest BCUT2D eigenvalue weighted by Crippen LogP contribution is 2.26. The van der Waals surface area contributed by atoms with Gasteiger partial charge in [-0.05, 0) is 18.4 Å². The van der Waals surface area contributed by atoms with Gasteiger partial charge in [0.25, 0.3) is 5.56 Å². The first-order valence-electron chi connectivity index (χ1n) is 9.51. The van der Waals surface area contributed by atoms with Crippen LogP contribution in [0, 0.1) is 24.3 Å². The molecule has 0 saturated carbocycles. The highest BCUT2D eigenvalue weighted by Gasteiger charge is 2.22. The van der Waals surface area contributed by atoms with Crippen LogP contribution in [0.2, 0.25) is 0 Å². The Labute approximate surface area is 165 Å². The van der Waals surface area contributed by atoms with Crippen LogP contribution >= 0.6 is 0 Å². The molecule has 1 saturated heterocycles. The lowest BCUT2D eigenvalue weighted by Crippen LogP contribution is -2.42. The van der Waals surface area contributed by atoms with Gasteiger partial charge in [-0.3, -0.25) is 9.36 Å². The van der Waals surface area contributed by atoms with E-state index in [2.05, 4.69) is 21.6 Å². The highest BCUT2D eigenvalue weighted by atomic mass is 16.1. The molecule has 1 aliphatic rings. The Morgan fingerprint density at radius 3 is 2.46 bits per heavy atom. The number of benzene rings is 1. The summed E-state index contributed by atoms with van der Waals surface area (Å²) in [6, 6.07) is 7.32. The largest absolute Gasteiger partial charge is 0.342 e. The van der Waals surface area contributed by atoms with E-state index in [1.807, 2.05) is 26.0 Å². The van der Waals surface area contributed by atoms with Crippen LogP contribution in [0.15, 0.2) is 29.1 Å². The zero-order valence-corrected chi connectivity index (χ0v) is 16.6. The van der Waals surface area contributed by atoms with Crippen molar-refractivity contribution in [3.05, 3.63) is 51.6 Å². The summed E-state index contributed by atoms with van der Waals surface area (Å²) in [5.41, 5.74) is 8.16. The summed E-state index contributed by atoms with van der Waals surface area (Å²) in [6.07, 6.45) is 1.75. The van der Waals surface area contributed by atoms with Crippen molar-refractivity contribution >= 4 is 11.6 Å². The number of hydrogen-bond acceptors (Lipinski definition) is 4. The normalized spacial score (nSPS) is 14.5. The number of anilines is 1. The van der Waals surface area contributed by atoms with E-state index in [0.717, 1.165) is 31.5 Å². The Balaban J connectivity index is 2.17. The zero-order chi connectivity index (χ0) is 20.3. The summed E-state index contributed by atoms with van der Waals surface area (Å²) < 4.78 is 1.58. The molecule has 1 fully saturated rings. The Morgan fingerprint density at radius 2 is 1.89 bits per heavy atom. The predicted octanol–water partition coefficient (Wildman–Crippen LogP) is 2.93. The lowest BCUT2D eigenvalue weighted by Gasteiger charge is -2.32. The minimum Gasteiger partial charge on any atom is -0.342 e. The summed E-state index contributed by atoms with van der Waals surface area (Å²) in [7, 11) is 1.74. The standard InChI is InChI=1S/C22H25N5O/c1-15(2)5-10-19-20(16-6-8-18(24-3)9-7-16)25-22(26(4)21(19)28)27-13-11-17(23)12-14-27/h6-9,15,17H,11-14,23H2,1-2,4H3. The smallest absolute Gasteiger partial charge is 0.271 e. The van der Waals surface area contributed by atoms with Crippen molar-refractivity contribution < 1.29 is 0 Å². The van der Waals surface area contributed by atoms with Crippen LogP contribution in [0.1, 0.15) is 32.3 Å². The maximum absolute atomic E-state index is 13.1. The van der Waals surface area contributed by atoms with Crippen LogP contribution in [0.4, 0.5) is 11.6 Å². The lowest BCUT2D eigenvalue weighted by molar-refractivity contribution is 0.490. The average Bonchev–Trinajstić information content (AvgIpc) is 2.70. The minimum atomic E-state index is -0.155. The molecular formula is C22H25N5O. The third kappa shape index (κ3) is 4.08. The predicted molar refractivity (Wildman–Crippen MR) is 112 cm³/mol. The second-order valence-electron chi connectivity index (χ2n) is 7.41. The van der Waals surface area contributed by atoms with Crippen LogP contribution in [0.25, 0.3) is 16.1 Å². The fourth-order valence-corrected chi connectivity index (χ4v) is 3.20. The van der Waals surface area contributed by atoms with Crippen molar-refractivity contribution in [2.75, 3.05) is 18.0 Å². The lowest BCUT2D eigenvalue weighted by atomic mass is 10.0. The molecular weight excluding hydrogens is 350 g/mol. The second kappa shape index (κ2) is 8.29. The molecule has 1 aromatic carbocycles. The van der Waals surface area contributed by atoms with Gasteiger partial charge < -0.3 is 10.6 Å². The van der Waals surface area contributed by atoms with Crippen LogP contribution in [0.5, 0.6) is 0 Å². The fraction of sp³-hybridized carbons (Fsp3) is 0.409. The van der Waals surface area contributed by atoms with Crippen molar-refractivity contribution in [1.82, 2.24) is 9.55 Å². The number of piperidine rings is 1. The van der Waals surface area contributed by atoms with E-state index in [4.69, 9.17) is 17.3 Å². The van der Waals surface area contributed by atoms with E-state index < -0.39 is 0 Å². The molecule has 0 atom stereocenters. The van der Waals surface area contributed by atoms with E-state index in [0.29, 0.717) is 22.9 Å². The van der Waals surface area contributed by atoms with Crippen LogP contribution in [0.3, 0.4) is 0 Å². The maximum Gasteiger partial charge on any atom is 0.271 e. The van der Waals surface area contributed by atoms with Crippen LogP contribution < -0.4 is 16.2 Å². The van der Waals surface area contributed by atoms with Crippen molar-refractivity contribution in [1.29, 1.82) is 0 Å². The van der Waals surface area contributed by atoms with Gasteiger partial charge in [0.2, 0.25) is 5.95 Å². The molecule has 0 radical (unpaired) electrons. The summed E-state index contributed by atoms with van der Waals surface area (Å²) in [5, 5.41) is 0. The molecule has 3 rings (SSSR count). The number of nitrogens with zero attached hydrogens (tertiary/aromatic N) is 4. The molecule has 2 N–H and O–H groups in total. The molecule has 0 spiro atoms. The van der Waals surface area contributed by atoms with E-state index in [9.17, 15) is 4.79 Å². The van der Waals surface area contributed by atoms with Gasteiger partial charge >= 0.3 is 0 Å². The van der Waals surface area contributed by atoms with E-state index >= 15 is 0 Å². The van der Waals surface area contributed by atoms with Crippen molar-refractivity contribution in [3.63, 3.8) is 0 Å². The monoisotopic (exact) mass is 375 g/mol. The van der Waals surface area contributed by atoms with Gasteiger partial charge in [0.15, 0.2) is 5.69 Å². The maximum atomic E-state index is 13.1. The fourth-order valence-electron chi connectivity index (χ4n) is 3.20. The molecule has 1 aromatic heterocycles. The number of aromatic nitrogens is 2. The van der Waals surface area contributed by atoms with Gasteiger partial charge in [-0.1, -0.05) is 50.0 Å². The quantitative estimate of drug-likeness (QED) is 0.647. The average molecular weight is 375 g/mol. The second-order valence-corrected chi connectivity index (χ2v) is 7.41. The molecule has 0 amide bonds. The Hall–Kier alpha value is -3.09. The topological polar surface area (TPSA) is 68.5 Å². The Bertz CT molecular complexity index is 1010. The zero-order valence-electron chi connectivity index (χ0n) is 16.6. The molecule has 6 nitrogen and oxygen atoms in total. The first kappa shape index (κ1) is 19.7. The minimum absolute atomic E-state index is 0.144.